The van der Waals surface area contributed by atoms with E-state index in [0.717, 1.165) is 5.57 Å². The number of allylic oxidation sites excluding steroid dienone is 1. The van der Waals surface area contributed by atoms with Crippen LogP contribution in [0.5, 0.6) is 0 Å². The first-order valence-corrected chi connectivity index (χ1v) is 8.97. The molecule has 1 heterocycles. The fourth-order valence-electron chi connectivity index (χ4n) is 4.83. The summed E-state index contributed by atoms with van der Waals surface area (Å²) in [5, 5.41) is 20.0. The van der Waals surface area contributed by atoms with Crippen LogP contribution in [0.15, 0.2) is 36.0 Å². The number of rotatable bonds is 3. The first kappa shape index (κ1) is 18.9. The van der Waals surface area contributed by atoms with Crippen LogP contribution in [-0.2, 0) is 19.1 Å². The van der Waals surface area contributed by atoms with Gasteiger partial charge in [-0.25, -0.2) is 9.59 Å². The summed E-state index contributed by atoms with van der Waals surface area (Å²) in [5.74, 6) is -1.79. The summed E-state index contributed by atoms with van der Waals surface area (Å²) < 4.78 is 11.3. The standard InChI is InChI=1S/C20H26O6/c1-5-12(9-21)19(24)25-13-8-20(4)14(22)7-6-10(2)16(20)17-15(13)11(3)18(23)26-17/h5,13-17,21-22H,2-3,6-9H2,1,4H3/b12-5+/t13-,14-,15-,16-,17+,20+/m1/s1. The summed E-state index contributed by atoms with van der Waals surface area (Å²) in [6.07, 6.45) is 1.32. The molecule has 2 saturated carbocycles. The van der Waals surface area contributed by atoms with Gasteiger partial charge in [0.15, 0.2) is 0 Å². The van der Waals surface area contributed by atoms with E-state index in [2.05, 4.69) is 13.2 Å². The zero-order valence-corrected chi connectivity index (χ0v) is 15.2. The molecule has 2 aliphatic carbocycles. The molecule has 0 aromatic heterocycles. The molecule has 1 saturated heterocycles. The number of aliphatic hydroxyl groups is 2. The van der Waals surface area contributed by atoms with E-state index in [1.165, 1.54) is 6.08 Å². The molecule has 0 bridgehead atoms. The molecule has 3 rings (SSSR count). The molecule has 6 nitrogen and oxygen atoms in total. The molecule has 0 aromatic rings. The third kappa shape index (κ3) is 2.72. The molecule has 3 aliphatic rings. The van der Waals surface area contributed by atoms with Crippen LogP contribution in [0.25, 0.3) is 0 Å². The van der Waals surface area contributed by atoms with E-state index in [-0.39, 0.29) is 17.1 Å². The molecular weight excluding hydrogens is 336 g/mol. The number of fused-ring (bicyclic) bond motifs is 3. The SMILES string of the molecule is C=C1C(=O)O[C@H]2[C@H]1[C@H](OC(=O)/C(=C/C)CO)C[C@@]1(C)[C@H](O)CCC(=C)[C@H]21. The number of carbonyl (C=O) groups is 2. The van der Waals surface area contributed by atoms with Gasteiger partial charge < -0.3 is 19.7 Å². The fraction of sp³-hybridized carbons (Fsp3) is 0.600. The van der Waals surface area contributed by atoms with E-state index >= 15 is 0 Å². The first-order chi connectivity index (χ1) is 12.2. The molecule has 0 spiro atoms. The number of hydrogen-bond donors (Lipinski definition) is 2. The molecule has 0 radical (unpaired) electrons. The Bertz CT molecular complexity index is 692. The van der Waals surface area contributed by atoms with Gasteiger partial charge in [-0.15, -0.1) is 0 Å². The number of ether oxygens (including phenoxy) is 2. The van der Waals surface area contributed by atoms with Gasteiger partial charge in [0.2, 0.25) is 0 Å². The van der Waals surface area contributed by atoms with Crippen molar-refractivity contribution in [2.24, 2.45) is 17.3 Å². The van der Waals surface area contributed by atoms with E-state index in [1.807, 2.05) is 6.92 Å². The summed E-state index contributed by atoms with van der Waals surface area (Å²) in [6, 6.07) is 0. The molecular formula is C20H26O6. The number of esters is 2. The van der Waals surface area contributed by atoms with Crippen molar-refractivity contribution in [1.82, 2.24) is 0 Å². The second kappa shape index (κ2) is 6.67. The van der Waals surface area contributed by atoms with Gasteiger partial charge in [0.25, 0.3) is 0 Å². The molecule has 2 N–H and O–H groups in total. The maximum atomic E-state index is 12.4. The minimum absolute atomic E-state index is 0.151. The quantitative estimate of drug-likeness (QED) is 0.451. The molecule has 0 aromatic carbocycles. The Morgan fingerprint density at radius 2 is 2.15 bits per heavy atom. The van der Waals surface area contributed by atoms with Crippen LogP contribution in [0.4, 0.5) is 0 Å². The maximum Gasteiger partial charge on any atom is 0.336 e. The van der Waals surface area contributed by atoms with Crippen LogP contribution in [0.3, 0.4) is 0 Å². The second-order valence-corrected chi connectivity index (χ2v) is 7.74. The Kier molecular flexibility index (Phi) is 4.84. The molecule has 3 fully saturated rings. The van der Waals surface area contributed by atoms with Crippen LogP contribution in [0.2, 0.25) is 0 Å². The van der Waals surface area contributed by atoms with Gasteiger partial charge in [-0.1, -0.05) is 31.7 Å². The van der Waals surface area contributed by atoms with Crippen molar-refractivity contribution in [3.05, 3.63) is 36.0 Å². The highest BCUT2D eigenvalue weighted by molar-refractivity contribution is 5.92. The molecule has 0 amide bonds. The summed E-state index contributed by atoms with van der Waals surface area (Å²) >= 11 is 0. The van der Waals surface area contributed by atoms with Crippen molar-refractivity contribution < 1.29 is 29.3 Å². The largest absolute Gasteiger partial charge is 0.458 e. The topological polar surface area (TPSA) is 93.1 Å². The molecule has 0 unspecified atom stereocenters. The van der Waals surface area contributed by atoms with Crippen LogP contribution in [0, 0.1) is 17.3 Å². The zero-order chi connectivity index (χ0) is 19.2. The lowest BCUT2D eigenvalue weighted by Crippen LogP contribution is -2.58. The van der Waals surface area contributed by atoms with Crippen LogP contribution in [-0.4, -0.2) is 47.1 Å². The van der Waals surface area contributed by atoms with E-state index in [4.69, 9.17) is 9.47 Å². The van der Waals surface area contributed by atoms with Gasteiger partial charge in [-0.2, -0.15) is 0 Å². The van der Waals surface area contributed by atoms with Gasteiger partial charge in [-0.3, -0.25) is 0 Å². The summed E-state index contributed by atoms with van der Waals surface area (Å²) in [5.41, 5.74) is 0.776. The molecule has 6 atom stereocenters. The molecule has 142 valence electrons. The predicted molar refractivity (Wildman–Crippen MR) is 93.8 cm³/mol. The van der Waals surface area contributed by atoms with Crippen molar-refractivity contribution in [3.8, 4) is 0 Å². The van der Waals surface area contributed by atoms with Crippen LogP contribution in [0.1, 0.15) is 33.1 Å². The van der Waals surface area contributed by atoms with E-state index in [9.17, 15) is 19.8 Å². The zero-order valence-electron chi connectivity index (χ0n) is 15.2. The first-order valence-electron chi connectivity index (χ1n) is 8.97. The van der Waals surface area contributed by atoms with E-state index < -0.39 is 48.2 Å². The Morgan fingerprint density at radius 1 is 1.46 bits per heavy atom. The van der Waals surface area contributed by atoms with Crippen LogP contribution >= 0.6 is 0 Å². The number of carbonyl (C=O) groups excluding carboxylic acids is 2. The van der Waals surface area contributed by atoms with Gasteiger partial charge >= 0.3 is 11.9 Å². The highest BCUT2D eigenvalue weighted by atomic mass is 16.6. The summed E-state index contributed by atoms with van der Waals surface area (Å²) in [7, 11) is 0. The number of hydrogen-bond acceptors (Lipinski definition) is 6. The third-order valence-corrected chi connectivity index (χ3v) is 6.32. The van der Waals surface area contributed by atoms with Crippen molar-refractivity contribution in [2.45, 2.75) is 51.4 Å². The monoisotopic (exact) mass is 362 g/mol. The van der Waals surface area contributed by atoms with E-state index in [0.29, 0.717) is 19.3 Å². The Labute approximate surface area is 153 Å². The minimum atomic E-state index is -0.658. The Balaban J connectivity index is 1.97. The molecule has 1 aliphatic heterocycles. The van der Waals surface area contributed by atoms with Gasteiger partial charge in [0.05, 0.1) is 24.2 Å². The summed E-state index contributed by atoms with van der Waals surface area (Å²) in [4.78, 5) is 24.6. The maximum absolute atomic E-state index is 12.4. The summed E-state index contributed by atoms with van der Waals surface area (Å²) in [6.45, 7) is 11.1. The van der Waals surface area contributed by atoms with Gasteiger partial charge in [0.1, 0.15) is 12.2 Å². The van der Waals surface area contributed by atoms with Crippen molar-refractivity contribution in [3.63, 3.8) is 0 Å². The average molecular weight is 362 g/mol. The van der Waals surface area contributed by atoms with Crippen LogP contribution < -0.4 is 0 Å². The van der Waals surface area contributed by atoms with Crippen molar-refractivity contribution in [2.75, 3.05) is 6.61 Å². The second-order valence-electron chi connectivity index (χ2n) is 7.74. The predicted octanol–water partition coefficient (Wildman–Crippen LogP) is 1.67. The highest BCUT2D eigenvalue weighted by Gasteiger charge is 2.62. The van der Waals surface area contributed by atoms with Crippen molar-refractivity contribution in [1.29, 1.82) is 0 Å². The molecule has 26 heavy (non-hydrogen) atoms. The Morgan fingerprint density at radius 3 is 2.77 bits per heavy atom. The normalized spacial score (nSPS) is 39.9. The fourth-order valence-corrected chi connectivity index (χ4v) is 4.83. The lowest BCUT2D eigenvalue weighted by atomic mass is 9.53. The Hall–Kier alpha value is -1.92. The average Bonchev–Trinajstić information content (AvgIpc) is 2.87. The van der Waals surface area contributed by atoms with Crippen molar-refractivity contribution >= 4 is 11.9 Å². The molecule has 6 heteroatoms. The highest BCUT2D eigenvalue weighted by Crippen LogP contribution is 2.57. The lowest BCUT2D eigenvalue weighted by Gasteiger charge is -2.54. The van der Waals surface area contributed by atoms with Gasteiger partial charge in [0, 0.05) is 16.9 Å². The third-order valence-electron chi connectivity index (χ3n) is 6.32. The lowest BCUT2D eigenvalue weighted by molar-refractivity contribution is -0.175. The minimum Gasteiger partial charge on any atom is -0.458 e. The number of aliphatic hydroxyl groups excluding tert-OH is 2. The van der Waals surface area contributed by atoms with Gasteiger partial charge in [-0.05, 0) is 26.2 Å². The smallest absolute Gasteiger partial charge is 0.336 e. The van der Waals surface area contributed by atoms with E-state index in [1.54, 1.807) is 6.92 Å².